The van der Waals surface area contributed by atoms with Crippen LogP contribution in [0.3, 0.4) is 0 Å². The molecule has 6 aromatic rings. The van der Waals surface area contributed by atoms with Crippen LogP contribution in [0.15, 0.2) is 73.3 Å². The number of Topliss-reactive ketones (excluding diaryl/α,β-unsaturated/α-hetero) is 2. The van der Waals surface area contributed by atoms with Crippen molar-refractivity contribution in [2.75, 3.05) is 18.0 Å². The van der Waals surface area contributed by atoms with Crippen LogP contribution in [0.4, 0.5) is 23.4 Å². The smallest absolute Gasteiger partial charge is 0.175 e. The van der Waals surface area contributed by atoms with Crippen LogP contribution in [-0.2, 0) is 0 Å². The van der Waals surface area contributed by atoms with Crippen LogP contribution in [0.25, 0.3) is 11.3 Å². The van der Waals surface area contributed by atoms with Gasteiger partial charge in [0.15, 0.2) is 22.9 Å². The number of hydrogen-bond donors (Lipinski definition) is 1. The second kappa shape index (κ2) is 16.4. The number of nitrogens with zero attached hydrogens (tertiary/aromatic N) is 9. The Morgan fingerprint density at radius 3 is 1.93 bits per heavy atom. The van der Waals surface area contributed by atoms with E-state index in [1.807, 2.05) is 12.1 Å². The molecule has 55 heavy (non-hydrogen) atoms. The SMILES string of the molecule is CC(=O)c1cc(F)cc([C@H]2C[C@H](F)CN2)c1.CC(=O)c1cc(F)cc([C@H]2C[C@H](F)CN2c2ccn3ncc(C#N)c3n2)c1.N#Cc1cnn2ccc(Cl)nc12. The number of nitrogens with one attached hydrogen (secondary N) is 1. The van der Waals surface area contributed by atoms with E-state index in [9.17, 15) is 32.4 Å². The van der Waals surface area contributed by atoms with E-state index in [0.717, 1.165) is 0 Å². The Kier molecular flexibility index (Phi) is 11.5. The zero-order valence-electron chi connectivity index (χ0n) is 29.3. The lowest BCUT2D eigenvalue weighted by atomic mass is 10.00. The third kappa shape index (κ3) is 8.78. The van der Waals surface area contributed by atoms with E-state index >= 15 is 0 Å². The van der Waals surface area contributed by atoms with Crippen LogP contribution in [0.5, 0.6) is 0 Å². The van der Waals surface area contributed by atoms with Gasteiger partial charge in [-0.2, -0.15) is 20.7 Å². The molecule has 12 nitrogen and oxygen atoms in total. The summed E-state index contributed by atoms with van der Waals surface area (Å²) in [6.07, 6.45) is 4.67. The second-order valence-electron chi connectivity index (χ2n) is 12.9. The molecule has 2 fully saturated rings. The zero-order chi connectivity index (χ0) is 39.4. The summed E-state index contributed by atoms with van der Waals surface area (Å²) in [6, 6.07) is 14.9. The summed E-state index contributed by atoms with van der Waals surface area (Å²) in [6.45, 7) is 3.13. The number of halogens is 5. The molecule has 17 heteroatoms. The van der Waals surface area contributed by atoms with Crippen molar-refractivity contribution in [1.82, 2.24) is 34.5 Å². The minimum absolute atomic E-state index is 0.0930. The Labute approximate surface area is 316 Å². The van der Waals surface area contributed by atoms with Crippen LogP contribution in [0.1, 0.15) is 81.7 Å². The van der Waals surface area contributed by atoms with Crippen molar-refractivity contribution in [2.24, 2.45) is 0 Å². The Hall–Kier alpha value is -6.23. The highest BCUT2D eigenvalue weighted by molar-refractivity contribution is 6.29. The molecule has 4 atom stereocenters. The summed E-state index contributed by atoms with van der Waals surface area (Å²) in [5, 5.41) is 29.1. The van der Waals surface area contributed by atoms with E-state index in [4.69, 9.17) is 16.9 Å². The summed E-state index contributed by atoms with van der Waals surface area (Å²) in [7, 11) is 0. The first-order chi connectivity index (χ1) is 26.3. The lowest BCUT2D eigenvalue weighted by Gasteiger charge is -2.26. The normalized spacial score (nSPS) is 18.9. The van der Waals surface area contributed by atoms with Crippen LogP contribution in [-0.4, -0.2) is 66.2 Å². The van der Waals surface area contributed by atoms with Crippen molar-refractivity contribution in [2.45, 2.75) is 51.1 Å². The van der Waals surface area contributed by atoms with E-state index < -0.39 is 30.0 Å². The minimum Gasteiger partial charge on any atom is -0.346 e. The molecule has 0 bridgehead atoms. The molecule has 280 valence electrons. The van der Waals surface area contributed by atoms with Gasteiger partial charge in [-0.1, -0.05) is 11.6 Å². The molecule has 0 radical (unpaired) electrons. The molecule has 0 spiro atoms. The zero-order valence-corrected chi connectivity index (χ0v) is 30.1. The molecule has 2 aliphatic heterocycles. The molecule has 1 N–H and O–H groups in total. The molecule has 8 rings (SSSR count). The Balaban J connectivity index is 0.000000155. The monoisotopic (exact) mass is 770 g/mol. The number of nitriles is 2. The molecule has 6 heterocycles. The molecular weight excluding hydrogens is 740 g/mol. The van der Waals surface area contributed by atoms with E-state index in [0.29, 0.717) is 56.5 Å². The number of ketones is 2. The number of aromatic nitrogens is 6. The van der Waals surface area contributed by atoms with Crippen LogP contribution in [0, 0.1) is 34.3 Å². The second-order valence-corrected chi connectivity index (χ2v) is 13.3. The fourth-order valence-electron chi connectivity index (χ4n) is 6.35. The van der Waals surface area contributed by atoms with Crippen molar-refractivity contribution in [3.05, 3.63) is 123 Å². The lowest BCUT2D eigenvalue weighted by Crippen LogP contribution is -2.25. The maximum absolute atomic E-state index is 14.3. The highest BCUT2D eigenvalue weighted by atomic mass is 35.5. The van der Waals surface area contributed by atoms with Gasteiger partial charge in [0.05, 0.1) is 25.0 Å². The van der Waals surface area contributed by atoms with Gasteiger partial charge in [-0.05, 0) is 79.9 Å². The maximum atomic E-state index is 14.3. The molecule has 0 saturated carbocycles. The standard InChI is InChI=1S/C19H15F2N5O.C12H13F2NO.C7H3ClN4/c1-11(27)12-4-13(6-15(20)5-12)17-7-16(21)10-25(17)18-2-3-26-19(24-18)14(8-22)9-23-26;1-7(16)8-2-9(4-10(13)3-8)12-5-11(14)6-15-12;8-6-1-2-12-7(11-6)5(3-9)4-10-12/h2-6,9,16-17H,7,10H2,1H3;2-4,11-12,15H,5-6H2,1H3;1-2,4H/t16-,17+;11-,12+;/m00./s1. The number of fused-ring (bicyclic) bond motifs is 2. The van der Waals surface area contributed by atoms with Gasteiger partial charge >= 0.3 is 0 Å². The van der Waals surface area contributed by atoms with Crippen molar-refractivity contribution < 1.29 is 27.2 Å². The number of alkyl halides is 2. The summed E-state index contributed by atoms with van der Waals surface area (Å²) in [5.41, 5.74) is 3.36. The summed E-state index contributed by atoms with van der Waals surface area (Å²) in [4.78, 5) is 33.0. The predicted octanol–water partition coefficient (Wildman–Crippen LogP) is 6.89. The van der Waals surface area contributed by atoms with Gasteiger partial charge in [-0.25, -0.2) is 36.6 Å². The number of benzene rings is 2. The van der Waals surface area contributed by atoms with E-state index in [2.05, 4.69) is 25.5 Å². The molecule has 0 amide bonds. The van der Waals surface area contributed by atoms with Gasteiger partial charge in [-0.3, -0.25) is 9.59 Å². The van der Waals surface area contributed by atoms with Crippen LogP contribution in [0.2, 0.25) is 5.15 Å². The van der Waals surface area contributed by atoms with Crippen molar-refractivity contribution >= 4 is 40.3 Å². The Morgan fingerprint density at radius 1 is 0.800 bits per heavy atom. The maximum Gasteiger partial charge on any atom is 0.175 e. The summed E-state index contributed by atoms with van der Waals surface area (Å²) >= 11 is 5.64. The number of anilines is 1. The number of hydrogen-bond acceptors (Lipinski definition) is 10. The highest BCUT2D eigenvalue weighted by Gasteiger charge is 2.35. The summed E-state index contributed by atoms with van der Waals surface area (Å²) < 4.78 is 57.5. The van der Waals surface area contributed by atoms with Crippen molar-refractivity contribution in [1.29, 1.82) is 10.5 Å². The molecule has 0 unspecified atom stereocenters. The number of carbonyl (C=O) groups excluding carboxylic acids is 2. The van der Waals surface area contributed by atoms with Crippen LogP contribution >= 0.6 is 11.6 Å². The highest BCUT2D eigenvalue weighted by Crippen LogP contribution is 2.37. The van der Waals surface area contributed by atoms with E-state index in [-0.39, 0.29) is 42.7 Å². The molecule has 4 aromatic heterocycles. The first-order valence-electron chi connectivity index (χ1n) is 16.9. The number of carbonyl (C=O) groups is 2. The molecule has 0 aliphatic carbocycles. The van der Waals surface area contributed by atoms with Crippen LogP contribution < -0.4 is 10.2 Å². The fraction of sp³-hybridized carbons (Fsp3) is 0.263. The number of rotatable bonds is 5. The van der Waals surface area contributed by atoms with Gasteiger partial charge in [0, 0.05) is 42.5 Å². The van der Waals surface area contributed by atoms with Gasteiger partial charge < -0.3 is 10.2 Å². The Morgan fingerprint density at radius 2 is 1.36 bits per heavy atom. The van der Waals surface area contributed by atoms with Gasteiger partial charge in [0.1, 0.15) is 58.2 Å². The third-order valence-corrected chi connectivity index (χ3v) is 9.20. The first kappa shape index (κ1) is 38.5. The molecular formula is C38H31ClF4N10O2. The molecule has 2 aromatic carbocycles. The van der Waals surface area contributed by atoms with Crippen molar-refractivity contribution in [3.8, 4) is 12.1 Å². The van der Waals surface area contributed by atoms with E-state index in [1.165, 1.54) is 59.5 Å². The minimum atomic E-state index is -1.11. The fourth-order valence-corrected chi connectivity index (χ4v) is 6.49. The van der Waals surface area contributed by atoms with Gasteiger partial charge in [0.25, 0.3) is 0 Å². The third-order valence-electron chi connectivity index (χ3n) is 8.99. The predicted molar refractivity (Wildman–Crippen MR) is 193 cm³/mol. The molecule has 2 saturated heterocycles. The first-order valence-corrected chi connectivity index (χ1v) is 17.3. The topological polar surface area (TPSA) is 157 Å². The average molecular weight is 771 g/mol. The Bertz CT molecular complexity index is 2490. The quantitative estimate of drug-likeness (QED) is 0.111. The van der Waals surface area contributed by atoms with Gasteiger partial charge in [-0.15, -0.1) is 0 Å². The molecule has 2 aliphatic rings. The van der Waals surface area contributed by atoms with Gasteiger partial charge in [0.2, 0.25) is 0 Å². The van der Waals surface area contributed by atoms with Crippen molar-refractivity contribution in [3.63, 3.8) is 0 Å². The largest absolute Gasteiger partial charge is 0.346 e. The average Bonchev–Trinajstić information content (AvgIpc) is 3.97. The summed E-state index contributed by atoms with van der Waals surface area (Å²) in [5.74, 6) is -0.957. The van der Waals surface area contributed by atoms with E-state index in [1.54, 1.807) is 41.6 Å². The lowest BCUT2D eigenvalue weighted by molar-refractivity contribution is 0.100.